The van der Waals surface area contributed by atoms with Gasteiger partial charge in [-0.3, -0.25) is 0 Å². The average molecular weight is 239 g/mol. The summed E-state index contributed by atoms with van der Waals surface area (Å²) in [6.45, 7) is 4.74. The highest BCUT2D eigenvalue weighted by Crippen LogP contribution is 2.07. The van der Waals surface area contributed by atoms with Crippen LogP contribution in [0.2, 0.25) is 0 Å². The second kappa shape index (κ2) is 8.98. The Morgan fingerprint density at radius 3 is 2.71 bits per heavy atom. The van der Waals surface area contributed by atoms with Crippen molar-refractivity contribution < 1.29 is 14.6 Å². The molecule has 0 amide bonds. The summed E-state index contributed by atoms with van der Waals surface area (Å²) in [6.07, 6.45) is -0.452. The Morgan fingerprint density at radius 2 is 2.00 bits per heavy atom. The second-order valence-electron chi connectivity index (χ2n) is 3.70. The van der Waals surface area contributed by atoms with Crippen LogP contribution >= 0.6 is 0 Å². The lowest BCUT2D eigenvalue weighted by Crippen LogP contribution is -2.30. The van der Waals surface area contributed by atoms with Crippen molar-refractivity contribution in [1.29, 1.82) is 0 Å². The predicted octanol–water partition coefficient (Wildman–Crippen LogP) is 1.05. The molecule has 0 saturated heterocycles. The summed E-state index contributed by atoms with van der Waals surface area (Å²) >= 11 is 0. The highest BCUT2D eigenvalue weighted by molar-refractivity contribution is 5.20. The minimum atomic E-state index is -0.452. The summed E-state index contributed by atoms with van der Waals surface area (Å²) in [4.78, 5) is 0. The van der Waals surface area contributed by atoms with Gasteiger partial charge in [-0.15, -0.1) is 0 Å². The quantitative estimate of drug-likeness (QED) is 0.633. The number of likely N-dealkylation sites (N-methyl/N-ethyl adjacent to an activating group) is 1. The van der Waals surface area contributed by atoms with Crippen LogP contribution in [0.15, 0.2) is 30.3 Å². The van der Waals surface area contributed by atoms with Crippen molar-refractivity contribution in [2.75, 3.05) is 32.9 Å². The Kier molecular flexibility index (Phi) is 7.38. The van der Waals surface area contributed by atoms with E-state index in [1.807, 2.05) is 37.3 Å². The average Bonchev–Trinajstić information content (AvgIpc) is 2.37. The maximum atomic E-state index is 9.47. The van der Waals surface area contributed by atoms with Crippen molar-refractivity contribution in [3.63, 3.8) is 0 Å². The molecule has 0 fully saturated rings. The molecule has 17 heavy (non-hydrogen) atoms. The molecule has 0 aliphatic heterocycles. The van der Waals surface area contributed by atoms with E-state index in [0.29, 0.717) is 26.4 Å². The standard InChI is InChI=1S/C13H21NO3/c1-2-14-10-12(15)11-16-8-9-17-13-6-4-3-5-7-13/h3-7,12,14-15H,2,8-11H2,1H3. The first-order valence-corrected chi connectivity index (χ1v) is 5.97. The first-order chi connectivity index (χ1) is 8.33. The van der Waals surface area contributed by atoms with Gasteiger partial charge in [-0.2, -0.15) is 0 Å². The third-order valence-electron chi connectivity index (χ3n) is 2.18. The number of hydrogen-bond donors (Lipinski definition) is 2. The topological polar surface area (TPSA) is 50.7 Å². The number of nitrogens with one attached hydrogen (secondary N) is 1. The number of ether oxygens (including phenoxy) is 2. The van der Waals surface area contributed by atoms with Crippen LogP contribution in [0.1, 0.15) is 6.92 Å². The van der Waals surface area contributed by atoms with Crippen LogP contribution in [-0.4, -0.2) is 44.1 Å². The second-order valence-corrected chi connectivity index (χ2v) is 3.70. The zero-order chi connectivity index (χ0) is 12.3. The van der Waals surface area contributed by atoms with Gasteiger partial charge in [0, 0.05) is 6.54 Å². The van der Waals surface area contributed by atoms with Gasteiger partial charge in [0.15, 0.2) is 0 Å². The maximum absolute atomic E-state index is 9.47. The van der Waals surface area contributed by atoms with Crippen molar-refractivity contribution >= 4 is 0 Å². The Bertz CT molecular complexity index is 279. The normalized spacial score (nSPS) is 12.4. The van der Waals surface area contributed by atoms with Crippen LogP contribution in [0.25, 0.3) is 0 Å². The number of rotatable bonds is 9. The Hall–Kier alpha value is -1.10. The predicted molar refractivity (Wildman–Crippen MR) is 67.3 cm³/mol. The lowest BCUT2D eigenvalue weighted by Gasteiger charge is -2.11. The third kappa shape index (κ3) is 6.94. The van der Waals surface area contributed by atoms with E-state index < -0.39 is 6.10 Å². The van der Waals surface area contributed by atoms with Crippen LogP contribution in [-0.2, 0) is 4.74 Å². The molecule has 1 atom stereocenters. The largest absolute Gasteiger partial charge is 0.491 e. The van der Waals surface area contributed by atoms with Gasteiger partial charge >= 0.3 is 0 Å². The molecule has 0 aromatic heterocycles. The first kappa shape index (κ1) is 14.0. The van der Waals surface area contributed by atoms with E-state index in [9.17, 15) is 5.11 Å². The zero-order valence-corrected chi connectivity index (χ0v) is 10.3. The van der Waals surface area contributed by atoms with Crippen molar-refractivity contribution in [2.24, 2.45) is 0 Å². The van der Waals surface area contributed by atoms with Gasteiger partial charge in [0.1, 0.15) is 12.4 Å². The molecule has 96 valence electrons. The van der Waals surface area contributed by atoms with E-state index >= 15 is 0 Å². The third-order valence-corrected chi connectivity index (χ3v) is 2.18. The van der Waals surface area contributed by atoms with Gasteiger partial charge in [0.05, 0.1) is 19.3 Å². The fraction of sp³-hybridized carbons (Fsp3) is 0.538. The molecule has 0 spiro atoms. The minimum absolute atomic E-state index is 0.338. The summed E-state index contributed by atoms with van der Waals surface area (Å²) < 4.78 is 10.7. The van der Waals surface area contributed by atoms with Crippen molar-refractivity contribution in [2.45, 2.75) is 13.0 Å². The van der Waals surface area contributed by atoms with Gasteiger partial charge in [-0.25, -0.2) is 0 Å². The summed E-state index contributed by atoms with van der Waals surface area (Å²) in [6, 6.07) is 9.60. The van der Waals surface area contributed by atoms with Gasteiger partial charge in [-0.05, 0) is 18.7 Å². The fourth-order valence-electron chi connectivity index (χ4n) is 1.32. The van der Waals surface area contributed by atoms with E-state index in [0.717, 1.165) is 12.3 Å². The smallest absolute Gasteiger partial charge is 0.119 e. The molecule has 2 N–H and O–H groups in total. The van der Waals surface area contributed by atoms with Crippen LogP contribution in [0.5, 0.6) is 5.75 Å². The van der Waals surface area contributed by atoms with E-state index in [-0.39, 0.29) is 0 Å². The molecule has 0 aliphatic carbocycles. The summed E-state index contributed by atoms with van der Waals surface area (Å²) in [5.74, 6) is 0.837. The molecule has 1 unspecified atom stereocenters. The Labute approximate surface area is 103 Å². The summed E-state index contributed by atoms with van der Waals surface area (Å²) in [7, 11) is 0. The number of para-hydroxylation sites is 1. The van der Waals surface area contributed by atoms with Crippen LogP contribution < -0.4 is 10.1 Å². The molecule has 4 nitrogen and oxygen atoms in total. The number of aliphatic hydroxyl groups excluding tert-OH is 1. The lowest BCUT2D eigenvalue weighted by atomic mass is 10.3. The first-order valence-electron chi connectivity index (χ1n) is 5.97. The van der Waals surface area contributed by atoms with Crippen molar-refractivity contribution in [3.8, 4) is 5.75 Å². The van der Waals surface area contributed by atoms with Crippen LogP contribution in [0.4, 0.5) is 0 Å². The maximum Gasteiger partial charge on any atom is 0.119 e. The SMILES string of the molecule is CCNCC(O)COCCOc1ccccc1. The molecular weight excluding hydrogens is 218 g/mol. The molecule has 0 radical (unpaired) electrons. The fourth-order valence-corrected chi connectivity index (χ4v) is 1.32. The molecule has 0 bridgehead atoms. The Balaban J connectivity index is 1.97. The molecule has 1 rings (SSSR count). The van der Waals surface area contributed by atoms with Gasteiger partial charge in [0.2, 0.25) is 0 Å². The molecular formula is C13H21NO3. The van der Waals surface area contributed by atoms with Gasteiger partial charge < -0.3 is 19.9 Å². The lowest BCUT2D eigenvalue weighted by molar-refractivity contribution is 0.0253. The molecule has 0 aliphatic rings. The monoisotopic (exact) mass is 239 g/mol. The number of hydrogen-bond acceptors (Lipinski definition) is 4. The van der Waals surface area contributed by atoms with E-state index in [2.05, 4.69) is 5.32 Å². The van der Waals surface area contributed by atoms with Crippen LogP contribution in [0, 0.1) is 0 Å². The number of benzene rings is 1. The highest BCUT2D eigenvalue weighted by Gasteiger charge is 2.02. The van der Waals surface area contributed by atoms with Crippen LogP contribution in [0.3, 0.4) is 0 Å². The molecule has 4 heteroatoms. The Morgan fingerprint density at radius 1 is 1.24 bits per heavy atom. The minimum Gasteiger partial charge on any atom is -0.491 e. The zero-order valence-electron chi connectivity index (χ0n) is 10.3. The van der Waals surface area contributed by atoms with Crippen molar-refractivity contribution in [1.82, 2.24) is 5.32 Å². The summed E-state index contributed by atoms with van der Waals surface area (Å²) in [5, 5.41) is 12.5. The molecule has 0 heterocycles. The van der Waals surface area contributed by atoms with Gasteiger partial charge in [0.25, 0.3) is 0 Å². The molecule has 1 aromatic rings. The summed E-state index contributed by atoms with van der Waals surface area (Å²) in [5.41, 5.74) is 0. The van der Waals surface area contributed by atoms with Gasteiger partial charge in [-0.1, -0.05) is 25.1 Å². The van der Waals surface area contributed by atoms with E-state index in [1.54, 1.807) is 0 Å². The van der Waals surface area contributed by atoms with E-state index in [4.69, 9.17) is 9.47 Å². The van der Waals surface area contributed by atoms with Crippen molar-refractivity contribution in [3.05, 3.63) is 30.3 Å². The number of aliphatic hydroxyl groups is 1. The molecule has 1 aromatic carbocycles. The highest BCUT2D eigenvalue weighted by atomic mass is 16.5. The molecule has 0 saturated carbocycles. The van der Waals surface area contributed by atoms with E-state index in [1.165, 1.54) is 0 Å².